The molecule has 1 saturated heterocycles. The van der Waals surface area contributed by atoms with Crippen molar-refractivity contribution in [1.29, 1.82) is 0 Å². The predicted molar refractivity (Wildman–Crippen MR) is 79.4 cm³/mol. The van der Waals surface area contributed by atoms with Crippen LogP contribution in [-0.2, 0) is 6.54 Å². The van der Waals surface area contributed by atoms with Crippen molar-refractivity contribution >= 4 is 22.9 Å². The molecule has 0 bridgehead atoms. The van der Waals surface area contributed by atoms with Gasteiger partial charge in [-0.25, -0.2) is 4.98 Å². The van der Waals surface area contributed by atoms with Crippen molar-refractivity contribution in [3.63, 3.8) is 0 Å². The quantitative estimate of drug-likeness (QED) is 0.771. The van der Waals surface area contributed by atoms with E-state index >= 15 is 0 Å². The molecular formula is C14H23ClN2S. The van der Waals surface area contributed by atoms with Crippen molar-refractivity contribution in [1.82, 2.24) is 9.88 Å². The van der Waals surface area contributed by atoms with E-state index in [1.54, 1.807) is 11.3 Å². The third kappa shape index (κ3) is 4.22. The first-order chi connectivity index (χ1) is 8.65. The molecule has 0 radical (unpaired) electrons. The van der Waals surface area contributed by atoms with Crippen LogP contribution in [0.25, 0.3) is 0 Å². The van der Waals surface area contributed by atoms with Crippen LogP contribution in [0.3, 0.4) is 0 Å². The highest BCUT2D eigenvalue weighted by Gasteiger charge is 2.23. The van der Waals surface area contributed by atoms with Gasteiger partial charge in [-0.05, 0) is 39.7 Å². The van der Waals surface area contributed by atoms with Crippen LogP contribution in [0.1, 0.15) is 49.7 Å². The lowest BCUT2D eigenvalue weighted by Crippen LogP contribution is -2.35. The van der Waals surface area contributed by atoms with E-state index in [0.717, 1.165) is 18.7 Å². The summed E-state index contributed by atoms with van der Waals surface area (Å²) in [7, 11) is 0. The van der Waals surface area contributed by atoms with Crippen LogP contribution in [0.4, 0.5) is 0 Å². The summed E-state index contributed by atoms with van der Waals surface area (Å²) in [6.07, 6.45) is 6.42. The van der Waals surface area contributed by atoms with Crippen molar-refractivity contribution in [3.05, 3.63) is 16.1 Å². The summed E-state index contributed by atoms with van der Waals surface area (Å²) in [5, 5.41) is 3.67. The average molecular weight is 287 g/mol. The lowest BCUT2D eigenvalue weighted by atomic mass is 10.0. The molecule has 1 aliphatic heterocycles. The standard InChI is InChI=1S/C14H23ClN2S/c1-11(15)8-13-6-4-3-5-7-17(13)9-14-16-12(2)10-18-14/h10-11,13H,3-9H2,1-2H3. The minimum Gasteiger partial charge on any atom is -0.294 e. The van der Waals surface area contributed by atoms with Crippen molar-refractivity contribution in [2.75, 3.05) is 6.54 Å². The minimum absolute atomic E-state index is 0.272. The molecule has 102 valence electrons. The van der Waals surface area contributed by atoms with Gasteiger partial charge in [0.2, 0.25) is 0 Å². The van der Waals surface area contributed by atoms with Crippen LogP contribution in [0.2, 0.25) is 0 Å². The second-order valence-corrected chi connectivity index (χ2v) is 7.06. The number of hydrogen-bond acceptors (Lipinski definition) is 3. The zero-order valence-corrected chi connectivity index (χ0v) is 12.9. The van der Waals surface area contributed by atoms with Crippen molar-refractivity contribution in [2.24, 2.45) is 0 Å². The molecule has 2 nitrogen and oxygen atoms in total. The molecule has 2 unspecified atom stereocenters. The smallest absolute Gasteiger partial charge is 0.107 e. The lowest BCUT2D eigenvalue weighted by molar-refractivity contribution is 0.181. The fourth-order valence-corrected chi connectivity index (χ4v) is 3.74. The molecule has 1 aromatic rings. The number of halogens is 1. The molecule has 0 aromatic carbocycles. The molecule has 0 aliphatic carbocycles. The molecule has 18 heavy (non-hydrogen) atoms. The SMILES string of the molecule is Cc1csc(CN2CCCCCC2CC(C)Cl)n1. The Labute approximate surface area is 119 Å². The summed E-state index contributed by atoms with van der Waals surface area (Å²) in [5.41, 5.74) is 1.15. The van der Waals surface area contributed by atoms with Crippen LogP contribution in [0.15, 0.2) is 5.38 Å². The monoisotopic (exact) mass is 286 g/mol. The van der Waals surface area contributed by atoms with E-state index in [0.29, 0.717) is 6.04 Å². The molecule has 4 heteroatoms. The van der Waals surface area contributed by atoms with Crippen LogP contribution >= 0.6 is 22.9 Å². The Hall–Kier alpha value is -0.120. The van der Waals surface area contributed by atoms with Crippen molar-refractivity contribution in [3.8, 4) is 0 Å². The van der Waals surface area contributed by atoms with Gasteiger partial charge >= 0.3 is 0 Å². The molecule has 0 N–H and O–H groups in total. The van der Waals surface area contributed by atoms with E-state index in [-0.39, 0.29) is 5.38 Å². The Balaban J connectivity index is 2.00. The Kier molecular flexibility index (Phi) is 5.46. The van der Waals surface area contributed by atoms with Gasteiger partial charge in [-0.3, -0.25) is 4.90 Å². The summed E-state index contributed by atoms with van der Waals surface area (Å²) >= 11 is 7.98. The van der Waals surface area contributed by atoms with Crippen molar-refractivity contribution in [2.45, 2.75) is 63.9 Å². The van der Waals surface area contributed by atoms with E-state index < -0.39 is 0 Å². The maximum absolute atomic E-state index is 6.20. The van der Waals surface area contributed by atoms with Gasteiger partial charge in [-0.15, -0.1) is 22.9 Å². The summed E-state index contributed by atoms with van der Waals surface area (Å²) < 4.78 is 0. The zero-order valence-electron chi connectivity index (χ0n) is 11.4. The van der Waals surface area contributed by atoms with E-state index in [1.165, 1.54) is 37.2 Å². The Morgan fingerprint density at radius 1 is 1.50 bits per heavy atom. The largest absolute Gasteiger partial charge is 0.294 e. The van der Waals surface area contributed by atoms with E-state index in [1.807, 2.05) is 0 Å². The maximum atomic E-state index is 6.20. The highest BCUT2D eigenvalue weighted by molar-refractivity contribution is 7.09. The summed E-state index contributed by atoms with van der Waals surface area (Å²) in [4.78, 5) is 7.19. The number of aromatic nitrogens is 1. The minimum atomic E-state index is 0.272. The molecule has 1 aliphatic rings. The summed E-state index contributed by atoms with van der Waals surface area (Å²) in [5.74, 6) is 0. The van der Waals surface area contributed by atoms with Gasteiger partial charge in [0.1, 0.15) is 5.01 Å². The molecule has 0 saturated carbocycles. The third-order valence-electron chi connectivity index (χ3n) is 3.60. The normalized spacial score (nSPS) is 23.8. The Morgan fingerprint density at radius 2 is 2.33 bits per heavy atom. The molecule has 0 amide bonds. The molecule has 2 heterocycles. The van der Waals surface area contributed by atoms with Gasteiger partial charge < -0.3 is 0 Å². The van der Waals surface area contributed by atoms with Crippen LogP contribution in [0.5, 0.6) is 0 Å². The second kappa shape index (κ2) is 6.88. The molecule has 1 fully saturated rings. The van der Waals surface area contributed by atoms with Crippen LogP contribution in [0, 0.1) is 6.92 Å². The summed E-state index contributed by atoms with van der Waals surface area (Å²) in [6, 6.07) is 0.643. The average Bonchev–Trinajstić information content (AvgIpc) is 2.58. The van der Waals surface area contributed by atoms with E-state index in [4.69, 9.17) is 11.6 Å². The predicted octanol–water partition coefficient (Wildman–Crippen LogP) is 4.21. The molecule has 1 aromatic heterocycles. The number of aryl methyl sites for hydroxylation is 1. The van der Waals surface area contributed by atoms with Gasteiger partial charge in [0.05, 0.1) is 6.54 Å². The molecule has 2 atom stereocenters. The molecule has 2 rings (SSSR count). The summed E-state index contributed by atoms with van der Waals surface area (Å²) in [6.45, 7) is 6.39. The number of rotatable bonds is 4. The maximum Gasteiger partial charge on any atom is 0.107 e. The number of alkyl halides is 1. The number of nitrogens with zero attached hydrogens (tertiary/aromatic N) is 2. The van der Waals surface area contributed by atoms with Gasteiger partial charge in [0, 0.05) is 22.5 Å². The second-order valence-electron chi connectivity index (χ2n) is 5.37. The fraction of sp³-hybridized carbons (Fsp3) is 0.786. The Bertz CT molecular complexity index is 364. The molecule has 0 spiro atoms. The van der Waals surface area contributed by atoms with Gasteiger partial charge in [0.25, 0.3) is 0 Å². The Morgan fingerprint density at radius 3 is 3.00 bits per heavy atom. The first kappa shape index (κ1) is 14.3. The topological polar surface area (TPSA) is 16.1 Å². The number of likely N-dealkylation sites (tertiary alicyclic amines) is 1. The third-order valence-corrected chi connectivity index (χ3v) is 4.73. The molecular weight excluding hydrogens is 264 g/mol. The van der Waals surface area contributed by atoms with Gasteiger partial charge in [-0.1, -0.05) is 12.8 Å². The first-order valence-electron chi connectivity index (χ1n) is 6.94. The van der Waals surface area contributed by atoms with E-state index in [9.17, 15) is 0 Å². The highest BCUT2D eigenvalue weighted by Crippen LogP contribution is 2.24. The lowest BCUT2D eigenvalue weighted by Gasteiger charge is -2.30. The zero-order chi connectivity index (χ0) is 13.0. The first-order valence-corrected chi connectivity index (χ1v) is 8.26. The number of thiazole rings is 1. The number of hydrogen-bond donors (Lipinski definition) is 0. The van der Waals surface area contributed by atoms with Crippen molar-refractivity contribution < 1.29 is 0 Å². The van der Waals surface area contributed by atoms with Gasteiger partial charge in [0.15, 0.2) is 0 Å². The fourth-order valence-electron chi connectivity index (χ4n) is 2.74. The van der Waals surface area contributed by atoms with E-state index in [2.05, 4.69) is 29.1 Å². The highest BCUT2D eigenvalue weighted by atomic mass is 35.5. The van der Waals surface area contributed by atoms with Crippen LogP contribution in [-0.4, -0.2) is 27.8 Å². The van der Waals surface area contributed by atoms with Crippen LogP contribution < -0.4 is 0 Å². The van der Waals surface area contributed by atoms with Gasteiger partial charge in [-0.2, -0.15) is 0 Å².